The Morgan fingerprint density at radius 1 is 1.22 bits per heavy atom. The molecule has 32 heavy (non-hydrogen) atoms. The number of nitrogens with one attached hydrogen (secondary N) is 1. The molecule has 0 bridgehead atoms. The Bertz CT molecular complexity index is 1250. The van der Waals surface area contributed by atoms with Crippen LogP contribution < -0.4 is 9.73 Å². The van der Waals surface area contributed by atoms with Gasteiger partial charge in [-0.2, -0.15) is 5.10 Å². The molecule has 1 aromatic heterocycles. The average molecular weight is 521 g/mol. The van der Waals surface area contributed by atoms with Gasteiger partial charge in [0.1, 0.15) is 18.1 Å². The number of sulfonamides is 1. The molecule has 0 spiro atoms. The van der Waals surface area contributed by atoms with Crippen LogP contribution in [-0.2, 0) is 14.8 Å². The van der Waals surface area contributed by atoms with Crippen LogP contribution >= 0.6 is 15.9 Å². The first-order valence-electron chi connectivity index (χ1n) is 9.09. The SMILES string of the molecule is Cc1oc(/C=N\NC(=O)CN(c2ccccc2)S(=O)(=O)c2ccccc2[N+](=O)[O-])cc1Br. The molecule has 1 N–H and O–H groups in total. The number of furan rings is 1. The lowest BCUT2D eigenvalue weighted by Crippen LogP contribution is -2.39. The largest absolute Gasteiger partial charge is 0.459 e. The van der Waals surface area contributed by atoms with E-state index in [1.807, 2.05) is 0 Å². The Balaban J connectivity index is 1.89. The maximum atomic E-state index is 13.3. The van der Waals surface area contributed by atoms with E-state index in [4.69, 9.17) is 4.42 Å². The van der Waals surface area contributed by atoms with Crippen molar-refractivity contribution < 1.29 is 22.6 Å². The molecule has 0 aliphatic rings. The van der Waals surface area contributed by atoms with E-state index in [-0.39, 0.29) is 5.69 Å². The minimum absolute atomic E-state index is 0.162. The van der Waals surface area contributed by atoms with Crippen molar-refractivity contribution >= 4 is 49.4 Å². The van der Waals surface area contributed by atoms with Crippen molar-refractivity contribution in [2.24, 2.45) is 5.10 Å². The number of hydrazone groups is 1. The molecule has 3 rings (SSSR count). The highest BCUT2D eigenvalue weighted by Gasteiger charge is 2.33. The Labute approximate surface area is 191 Å². The number of halogens is 1. The molecular weight excluding hydrogens is 504 g/mol. The van der Waals surface area contributed by atoms with Crippen LogP contribution in [0.15, 0.2) is 79.6 Å². The number of benzene rings is 2. The van der Waals surface area contributed by atoms with Crippen LogP contribution in [0.3, 0.4) is 0 Å². The van der Waals surface area contributed by atoms with Crippen molar-refractivity contribution in [1.82, 2.24) is 5.43 Å². The predicted molar refractivity (Wildman–Crippen MR) is 121 cm³/mol. The van der Waals surface area contributed by atoms with Crippen LogP contribution in [0.5, 0.6) is 0 Å². The highest BCUT2D eigenvalue weighted by molar-refractivity contribution is 9.10. The third-order valence-corrected chi connectivity index (χ3v) is 6.83. The second-order valence-corrected chi connectivity index (χ2v) is 9.10. The molecule has 1 amide bonds. The smallest absolute Gasteiger partial charge is 0.289 e. The standard InChI is InChI=1S/C20H17BrN4O6S/c1-14-17(21)11-16(31-14)12-22-23-20(26)13-24(15-7-3-2-4-8-15)32(29,30)19-10-6-5-9-18(19)25(27)28/h2-12H,13H2,1H3,(H,23,26)/b22-12-. The van der Waals surface area contributed by atoms with Crippen molar-refractivity contribution in [3.63, 3.8) is 0 Å². The number of rotatable bonds is 8. The topological polar surface area (TPSA) is 135 Å². The first-order valence-corrected chi connectivity index (χ1v) is 11.3. The van der Waals surface area contributed by atoms with Crippen LogP contribution in [0.1, 0.15) is 11.5 Å². The van der Waals surface area contributed by atoms with Gasteiger partial charge in [-0.05, 0) is 41.1 Å². The Kier molecular flexibility index (Phi) is 7.05. The van der Waals surface area contributed by atoms with E-state index >= 15 is 0 Å². The van der Waals surface area contributed by atoms with E-state index < -0.39 is 38.0 Å². The van der Waals surface area contributed by atoms with E-state index in [1.54, 1.807) is 31.2 Å². The zero-order valence-corrected chi connectivity index (χ0v) is 19.0. The molecule has 2 aromatic carbocycles. The summed E-state index contributed by atoms with van der Waals surface area (Å²) in [5.74, 6) is 0.250. The van der Waals surface area contributed by atoms with Crippen LogP contribution in [-0.4, -0.2) is 32.0 Å². The summed E-state index contributed by atoms with van der Waals surface area (Å²) in [4.78, 5) is 22.5. The average Bonchev–Trinajstić information content (AvgIpc) is 3.09. The molecule has 0 saturated carbocycles. The lowest BCUT2D eigenvalue weighted by atomic mass is 10.3. The number of amides is 1. The molecule has 0 saturated heterocycles. The minimum Gasteiger partial charge on any atom is -0.459 e. The van der Waals surface area contributed by atoms with Gasteiger partial charge in [-0.1, -0.05) is 30.3 Å². The van der Waals surface area contributed by atoms with Crippen LogP contribution in [0.2, 0.25) is 0 Å². The monoisotopic (exact) mass is 520 g/mol. The van der Waals surface area contributed by atoms with Crippen molar-refractivity contribution in [3.05, 3.63) is 86.8 Å². The van der Waals surface area contributed by atoms with Crippen molar-refractivity contribution in [2.75, 3.05) is 10.8 Å². The number of carbonyl (C=O) groups excluding carboxylic acids is 1. The first-order chi connectivity index (χ1) is 15.2. The van der Waals surface area contributed by atoms with Crippen molar-refractivity contribution in [3.8, 4) is 0 Å². The summed E-state index contributed by atoms with van der Waals surface area (Å²) in [6.07, 6.45) is 1.26. The summed E-state index contributed by atoms with van der Waals surface area (Å²) in [5.41, 5.74) is 1.81. The third-order valence-electron chi connectivity index (χ3n) is 4.22. The molecule has 1 heterocycles. The quantitative estimate of drug-likeness (QED) is 0.273. The molecule has 166 valence electrons. The number of nitro groups is 1. The number of nitrogens with zero attached hydrogens (tertiary/aromatic N) is 3. The Morgan fingerprint density at radius 3 is 2.50 bits per heavy atom. The van der Waals surface area contributed by atoms with Gasteiger partial charge in [0.25, 0.3) is 21.6 Å². The number of nitro benzene ring substituents is 1. The van der Waals surface area contributed by atoms with Gasteiger partial charge in [0.05, 0.1) is 21.3 Å². The number of para-hydroxylation sites is 2. The zero-order chi connectivity index (χ0) is 23.3. The maximum absolute atomic E-state index is 13.3. The lowest BCUT2D eigenvalue weighted by molar-refractivity contribution is -0.387. The zero-order valence-electron chi connectivity index (χ0n) is 16.6. The van der Waals surface area contributed by atoms with Crippen LogP contribution in [0, 0.1) is 17.0 Å². The number of aryl methyl sites for hydroxylation is 1. The molecule has 10 nitrogen and oxygen atoms in total. The molecule has 0 radical (unpaired) electrons. The summed E-state index contributed by atoms with van der Waals surface area (Å²) in [5, 5.41) is 15.1. The third kappa shape index (κ3) is 5.21. The fourth-order valence-electron chi connectivity index (χ4n) is 2.73. The molecule has 0 unspecified atom stereocenters. The summed E-state index contributed by atoms with van der Waals surface area (Å²) in [7, 11) is -4.45. The molecule has 3 aromatic rings. The van der Waals surface area contributed by atoms with E-state index in [2.05, 4.69) is 26.5 Å². The fraction of sp³-hybridized carbons (Fsp3) is 0.100. The highest BCUT2D eigenvalue weighted by atomic mass is 79.9. The Morgan fingerprint density at radius 2 is 1.88 bits per heavy atom. The van der Waals surface area contributed by atoms with E-state index in [1.165, 1.54) is 30.5 Å². The number of hydrogen-bond donors (Lipinski definition) is 1. The molecule has 0 atom stereocenters. The number of hydrogen-bond acceptors (Lipinski definition) is 7. The second-order valence-electron chi connectivity index (χ2n) is 6.42. The Hall–Kier alpha value is -3.51. The number of carbonyl (C=O) groups is 1. The van der Waals surface area contributed by atoms with E-state index in [0.717, 1.165) is 20.9 Å². The van der Waals surface area contributed by atoms with Gasteiger partial charge < -0.3 is 4.42 Å². The summed E-state index contributed by atoms with van der Waals surface area (Å²) >= 11 is 3.29. The van der Waals surface area contributed by atoms with Gasteiger partial charge in [0.15, 0.2) is 4.90 Å². The number of anilines is 1. The van der Waals surface area contributed by atoms with Crippen LogP contribution in [0.25, 0.3) is 0 Å². The molecular formula is C20H17BrN4O6S. The summed E-state index contributed by atoms with van der Waals surface area (Å²) < 4.78 is 33.5. The van der Waals surface area contributed by atoms with Gasteiger partial charge in [-0.15, -0.1) is 0 Å². The molecule has 12 heteroatoms. The molecule has 0 aliphatic heterocycles. The van der Waals surface area contributed by atoms with E-state index in [0.29, 0.717) is 11.5 Å². The molecule has 0 fully saturated rings. The highest BCUT2D eigenvalue weighted by Crippen LogP contribution is 2.29. The fourth-order valence-corrected chi connectivity index (χ4v) is 4.62. The summed E-state index contributed by atoms with van der Waals surface area (Å²) in [6, 6.07) is 14.4. The summed E-state index contributed by atoms with van der Waals surface area (Å²) in [6.45, 7) is 1.09. The predicted octanol–water partition coefficient (Wildman–Crippen LogP) is 3.60. The first kappa shape index (κ1) is 23.2. The maximum Gasteiger partial charge on any atom is 0.289 e. The second kappa shape index (κ2) is 9.75. The van der Waals surface area contributed by atoms with Crippen LogP contribution in [0.4, 0.5) is 11.4 Å². The van der Waals surface area contributed by atoms with Gasteiger partial charge in [0.2, 0.25) is 0 Å². The van der Waals surface area contributed by atoms with Crippen molar-refractivity contribution in [1.29, 1.82) is 0 Å². The van der Waals surface area contributed by atoms with Gasteiger partial charge in [0, 0.05) is 12.1 Å². The normalized spacial score (nSPS) is 11.4. The minimum atomic E-state index is -4.45. The molecule has 0 aliphatic carbocycles. The van der Waals surface area contributed by atoms with E-state index in [9.17, 15) is 23.3 Å². The van der Waals surface area contributed by atoms with Gasteiger partial charge >= 0.3 is 0 Å². The van der Waals surface area contributed by atoms with Gasteiger partial charge in [-0.25, -0.2) is 13.8 Å². The lowest BCUT2D eigenvalue weighted by Gasteiger charge is -2.23. The van der Waals surface area contributed by atoms with Crippen molar-refractivity contribution in [2.45, 2.75) is 11.8 Å². The van der Waals surface area contributed by atoms with Gasteiger partial charge in [-0.3, -0.25) is 19.2 Å².